The van der Waals surface area contributed by atoms with Crippen molar-refractivity contribution in [2.75, 3.05) is 12.8 Å². The number of rotatable bonds is 7. The summed E-state index contributed by atoms with van der Waals surface area (Å²) in [5.41, 5.74) is 3.73. The number of carbonyl (C=O) groups excluding carboxylic acids is 1. The van der Waals surface area contributed by atoms with Crippen LogP contribution in [0.15, 0.2) is 29.4 Å². The first-order valence-corrected chi connectivity index (χ1v) is 9.84. The summed E-state index contributed by atoms with van der Waals surface area (Å²) in [5, 5.41) is 4.91. The maximum absolute atomic E-state index is 12.4. The van der Waals surface area contributed by atoms with Crippen LogP contribution in [0.4, 0.5) is 8.78 Å². The molecule has 0 saturated heterocycles. The molecular formula is C19H21F2N5O2S. The molecule has 2 heterocycles. The van der Waals surface area contributed by atoms with Gasteiger partial charge in [0.1, 0.15) is 5.75 Å². The molecule has 0 fully saturated rings. The van der Waals surface area contributed by atoms with Crippen molar-refractivity contribution >= 4 is 23.4 Å². The van der Waals surface area contributed by atoms with Crippen molar-refractivity contribution in [3.05, 3.63) is 46.8 Å². The molecule has 0 aliphatic carbocycles. The lowest BCUT2D eigenvalue weighted by Gasteiger charge is -2.17. The second-order valence-corrected chi connectivity index (χ2v) is 7.52. The fourth-order valence-electron chi connectivity index (χ4n) is 2.67. The summed E-state index contributed by atoms with van der Waals surface area (Å²) in [6.45, 7) is 3.36. The summed E-state index contributed by atoms with van der Waals surface area (Å²) in [6, 6.07) is 6.21. The lowest BCUT2D eigenvalue weighted by molar-refractivity contribution is -0.127. The lowest BCUT2D eigenvalue weighted by Crippen LogP contribution is -2.27. The van der Waals surface area contributed by atoms with Crippen molar-refractivity contribution in [3.63, 3.8) is 0 Å². The molecule has 0 radical (unpaired) electrons. The van der Waals surface area contributed by atoms with Crippen molar-refractivity contribution in [2.24, 2.45) is 0 Å². The number of benzene rings is 1. The van der Waals surface area contributed by atoms with E-state index in [4.69, 9.17) is 0 Å². The van der Waals surface area contributed by atoms with Crippen LogP contribution >= 0.6 is 11.8 Å². The lowest BCUT2D eigenvalue weighted by atomic mass is 10.2. The van der Waals surface area contributed by atoms with Gasteiger partial charge >= 0.3 is 6.61 Å². The average Bonchev–Trinajstić information content (AvgIpc) is 3.08. The average molecular weight is 421 g/mol. The van der Waals surface area contributed by atoms with E-state index in [1.807, 2.05) is 20.8 Å². The first kappa shape index (κ1) is 21.0. The maximum Gasteiger partial charge on any atom is 0.387 e. The van der Waals surface area contributed by atoms with E-state index in [1.54, 1.807) is 28.6 Å². The molecule has 29 heavy (non-hydrogen) atoms. The number of halogens is 2. The van der Waals surface area contributed by atoms with Crippen molar-refractivity contribution < 1.29 is 18.3 Å². The third-order valence-corrected chi connectivity index (χ3v) is 5.38. The quantitative estimate of drug-likeness (QED) is 0.545. The van der Waals surface area contributed by atoms with E-state index in [2.05, 4.69) is 19.8 Å². The molecule has 0 N–H and O–H groups in total. The molecule has 2 aromatic heterocycles. The topological polar surface area (TPSA) is 72.6 Å². The summed E-state index contributed by atoms with van der Waals surface area (Å²) in [5.74, 6) is 0.677. The first-order valence-electron chi connectivity index (χ1n) is 8.85. The van der Waals surface area contributed by atoms with Gasteiger partial charge in [-0.3, -0.25) is 4.79 Å². The smallest absolute Gasteiger partial charge is 0.387 e. The zero-order chi connectivity index (χ0) is 21.1. The number of aromatic nitrogens is 4. The van der Waals surface area contributed by atoms with Gasteiger partial charge in [0.15, 0.2) is 0 Å². The number of amides is 1. The van der Waals surface area contributed by atoms with Crippen LogP contribution in [0, 0.1) is 20.8 Å². The van der Waals surface area contributed by atoms with E-state index in [1.165, 1.54) is 23.9 Å². The Bertz CT molecular complexity index is 1020. The van der Waals surface area contributed by atoms with Crippen LogP contribution in [-0.2, 0) is 11.3 Å². The highest BCUT2D eigenvalue weighted by Gasteiger charge is 2.15. The van der Waals surface area contributed by atoms with Crippen LogP contribution in [0.5, 0.6) is 5.75 Å². The van der Waals surface area contributed by atoms with Crippen LogP contribution in [0.25, 0.3) is 5.78 Å². The number of nitrogens with zero attached hydrogens (tertiary/aromatic N) is 5. The first-order chi connectivity index (χ1) is 13.7. The van der Waals surface area contributed by atoms with Crippen LogP contribution < -0.4 is 4.74 Å². The van der Waals surface area contributed by atoms with E-state index in [-0.39, 0.29) is 17.4 Å². The Hall–Kier alpha value is -2.75. The van der Waals surface area contributed by atoms with Gasteiger partial charge in [-0.15, -0.1) is 5.10 Å². The molecule has 1 aromatic carbocycles. The van der Waals surface area contributed by atoms with Crippen molar-refractivity contribution in [3.8, 4) is 5.75 Å². The van der Waals surface area contributed by atoms with E-state index >= 15 is 0 Å². The number of fused-ring (bicyclic) bond motifs is 1. The van der Waals surface area contributed by atoms with Crippen molar-refractivity contribution in [1.82, 2.24) is 24.5 Å². The summed E-state index contributed by atoms with van der Waals surface area (Å²) in [6.07, 6.45) is 0. The fourth-order valence-corrected chi connectivity index (χ4v) is 3.43. The second-order valence-electron chi connectivity index (χ2n) is 6.57. The van der Waals surface area contributed by atoms with Gasteiger partial charge in [0, 0.05) is 25.0 Å². The molecule has 0 aliphatic heterocycles. The number of aryl methyl sites for hydroxylation is 2. The van der Waals surface area contributed by atoms with Crippen LogP contribution in [0.2, 0.25) is 0 Å². The summed E-state index contributed by atoms with van der Waals surface area (Å²) in [4.78, 5) is 22.8. The predicted octanol–water partition coefficient (Wildman–Crippen LogP) is 3.40. The zero-order valence-corrected chi connectivity index (χ0v) is 17.3. The van der Waals surface area contributed by atoms with E-state index in [0.29, 0.717) is 17.5 Å². The number of ether oxygens (including phenoxy) is 1. The minimum absolute atomic E-state index is 0.0839. The number of hydrogen-bond acceptors (Lipinski definition) is 6. The van der Waals surface area contributed by atoms with Gasteiger partial charge < -0.3 is 9.64 Å². The molecule has 0 spiro atoms. The van der Waals surface area contributed by atoms with Gasteiger partial charge in [0.05, 0.1) is 5.75 Å². The molecular weight excluding hydrogens is 400 g/mol. The number of thioether (sulfide) groups is 1. The third-order valence-electron chi connectivity index (χ3n) is 4.56. The zero-order valence-electron chi connectivity index (χ0n) is 16.5. The molecule has 1 amide bonds. The number of hydrogen-bond donors (Lipinski definition) is 0. The SMILES string of the molecule is Cc1nc2nc(SCC(=O)N(C)Cc3ccc(OC(F)F)cc3)nn2c(C)c1C. The highest BCUT2D eigenvalue weighted by Crippen LogP contribution is 2.19. The summed E-state index contributed by atoms with van der Waals surface area (Å²) < 4.78 is 30.4. The van der Waals surface area contributed by atoms with Crippen LogP contribution in [-0.4, -0.2) is 49.8 Å². The van der Waals surface area contributed by atoms with E-state index in [9.17, 15) is 13.6 Å². The Labute approximate surface area is 171 Å². The van der Waals surface area contributed by atoms with Crippen molar-refractivity contribution in [2.45, 2.75) is 39.1 Å². The summed E-state index contributed by atoms with van der Waals surface area (Å²) >= 11 is 1.25. The van der Waals surface area contributed by atoms with Gasteiger partial charge in [0.25, 0.3) is 5.78 Å². The Balaban J connectivity index is 1.59. The summed E-state index contributed by atoms with van der Waals surface area (Å²) in [7, 11) is 1.68. The molecule has 0 aliphatic rings. The normalized spacial score (nSPS) is 11.3. The minimum atomic E-state index is -2.86. The number of alkyl halides is 2. The largest absolute Gasteiger partial charge is 0.435 e. The monoisotopic (exact) mass is 421 g/mol. The molecule has 10 heteroatoms. The van der Waals surface area contributed by atoms with Crippen LogP contribution in [0.1, 0.15) is 22.5 Å². The van der Waals surface area contributed by atoms with E-state index in [0.717, 1.165) is 22.5 Å². The van der Waals surface area contributed by atoms with Gasteiger partial charge in [-0.1, -0.05) is 23.9 Å². The van der Waals surface area contributed by atoms with E-state index < -0.39 is 6.61 Å². The fraction of sp³-hybridized carbons (Fsp3) is 0.368. The molecule has 0 atom stereocenters. The Kier molecular flexibility index (Phi) is 6.31. The maximum atomic E-state index is 12.4. The molecule has 0 saturated carbocycles. The molecule has 3 rings (SSSR count). The highest BCUT2D eigenvalue weighted by molar-refractivity contribution is 7.99. The Morgan fingerprint density at radius 1 is 1.21 bits per heavy atom. The van der Waals surface area contributed by atoms with Crippen LogP contribution in [0.3, 0.4) is 0 Å². The highest BCUT2D eigenvalue weighted by atomic mass is 32.2. The third kappa shape index (κ3) is 5.00. The molecule has 0 bridgehead atoms. The second kappa shape index (κ2) is 8.73. The Morgan fingerprint density at radius 2 is 1.90 bits per heavy atom. The van der Waals surface area contributed by atoms with Gasteiger partial charge in [0.2, 0.25) is 11.1 Å². The van der Waals surface area contributed by atoms with Gasteiger partial charge in [-0.05, 0) is 44.0 Å². The molecule has 3 aromatic rings. The standard InChI is InChI=1S/C19H21F2N5O2S/c1-11-12(2)22-18-23-19(24-26(18)13(11)3)29-10-16(27)25(4)9-14-5-7-15(8-6-14)28-17(20)21/h5-8,17H,9-10H2,1-4H3. The van der Waals surface area contributed by atoms with Crippen molar-refractivity contribution in [1.29, 1.82) is 0 Å². The molecule has 7 nitrogen and oxygen atoms in total. The van der Waals surface area contributed by atoms with Gasteiger partial charge in [-0.2, -0.15) is 13.8 Å². The minimum Gasteiger partial charge on any atom is -0.435 e. The molecule has 0 unspecified atom stereocenters. The molecule has 154 valence electrons. The number of carbonyl (C=O) groups is 1. The Morgan fingerprint density at radius 3 is 2.55 bits per heavy atom. The van der Waals surface area contributed by atoms with Gasteiger partial charge in [-0.25, -0.2) is 9.50 Å². The predicted molar refractivity (Wildman–Crippen MR) is 105 cm³/mol.